The summed E-state index contributed by atoms with van der Waals surface area (Å²) in [6.07, 6.45) is -2.74. The van der Waals surface area contributed by atoms with E-state index in [0.29, 0.717) is 17.1 Å². The number of hydrogen-bond donors (Lipinski definition) is 1. The average molecular weight is 412 g/mol. The Balaban J connectivity index is 1.40. The number of furan rings is 1. The third kappa shape index (κ3) is 4.43. The van der Waals surface area contributed by atoms with Gasteiger partial charge >= 0.3 is 12.2 Å². The third-order valence-electron chi connectivity index (χ3n) is 4.32. The summed E-state index contributed by atoms with van der Waals surface area (Å²) in [6.45, 7) is 0. The molecular weight excluding hydrogens is 397 g/mol. The molecule has 0 aliphatic rings. The van der Waals surface area contributed by atoms with Gasteiger partial charge in [0.05, 0.1) is 11.8 Å². The zero-order valence-corrected chi connectivity index (χ0v) is 15.4. The monoisotopic (exact) mass is 412 g/mol. The van der Waals surface area contributed by atoms with Crippen molar-refractivity contribution in [3.63, 3.8) is 0 Å². The molecule has 4 rings (SSSR count). The zero-order valence-electron chi connectivity index (χ0n) is 15.4. The maximum atomic E-state index is 12.6. The molecule has 0 bridgehead atoms. The Labute approximate surface area is 169 Å². The first-order valence-corrected chi connectivity index (χ1v) is 8.96. The van der Waals surface area contributed by atoms with Gasteiger partial charge in [0.1, 0.15) is 11.5 Å². The summed E-state index contributed by atoms with van der Waals surface area (Å²) >= 11 is 0. The summed E-state index contributed by atoms with van der Waals surface area (Å²) in [7, 11) is 0. The van der Waals surface area contributed by atoms with Crippen molar-refractivity contribution in [2.24, 2.45) is 0 Å². The van der Waals surface area contributed by atoms with Gasteiger partial charge in [0.25, 0.3) is 5.91 Å². The van der Waals surface area contributed by atoms with Gasteiger partial charge < -0.3 is 8.83 Å². The van der Waals surface area contributed by atoms with E-state index in [9.17, 15) is 18.0 Å². The molecule has 0 aliphatic carbocycles. The minimum Gasteiger partial charge on any atom is -0.451 e. The molecule has 0 radical (unpaired) electrons. The number of hydrogen-bond acceptors (Lipinski definition) is 4. The predicted molar refractivity (Wildman–Crippen MR) is 103 cm³/mol. The van der Waals surface area contributed by atoms with Gasteiger partial charge in [-0.25, -0.2) is 4.98 Å². The number of rotatable bonds is 5. The fraction of sp³-hybridized carbons (Fsp3) is 0.0909. The van der Waals surface area contributed by atoms with Crippen LogP contribution in [-0.4, -0.2) is 10.9 Å². The summed E-state index contributed by atoms with van der Waals surface area (Å²) < 4.78 is 48.9. The molecule has 0 fully saturated rings. The van der Waals surface area contributed by atoms with Crippen molar-refractivity contribution in [1.82, 2.24) is 4.98 Å². The molecule has 0 saturated carbocycles. The van der Waals surface area contributed by atoms with Gasteiger partial charge in [0.2, 0.25) is 0 Å². The lowest BCUT2D eigenvalue weighted by molar-refractivity contribution is -0.137. The first-order valence-electron chi connectivity index (χ1n) is 8.96. The molecule has 152 valence electrons. The molecule has 4 aromatic rings. The van der Waals surface area contributed by atoms with Crippen molar-refractivity contribution in [3.8, 4) is 11.3 Å². The highest BCUT2D eigenvalue weighted by molar-refractivity contribution is 6.01. The van der Waals surface area contributed by atoms with Gasteiger partial charge in [0, 0.05) is 12.0 Å². The van der Waals surface area contributed by atoms with Crippen LogP contribution in [0.2, 0.25) is 0 Å². The molecule has 0 spiro atoms. The average Bonchev–Trinajstić information content (AvgIpc) is 3.38. The molecule has 1 N–H and O–H groups in total. The molecule has 0 saturated heterocycles. The normalized spacial score (nSPS) is 11.4. The minimum absolute atomic E-state index is 0.0282. The molecule has 2 aromatic carbocycles. The molecule has 8 heteroatoms. The Morgan fingerprint density at radius 1 is 0.933 bits per heavy atom. The van der Waals surface area contributed by atoms with Crippen molar-refractivity contribution in [2.75, 3.05) is 5.32 Å². The summed E-state index contributed by atoms with van der Waals surface area (Å²) in [5, 5.41) is 2.50. The number of anilines is 1. The van der Waals surface area contributed by atoms with E-state index in [2.05, 4.69) is 10.3 Å². The van der Waals surface area contributed by atoms with Crippen molar-refractivity contribution in [3.05, 3.63) is 95.6 Å². The van der Waals surface area contributed by atoms with E-state index in [1.807, 2.05) is 30.3 Å². The Kier molecular flexibility index (Phi) is 5.14. The molecular formula is C22H15F3N2O3. The molecule has 0 atom stereocenters. The topological polar surface area (TPSA) is 68.3 Å². The van der Waals surface area contributed by atoms with E-state index in [-0.39, 0.29) is 18.2 Å². The number of benzene rings is 2. The van der Waals surface area contributed by atoms with Gasteiger partial charge in [-0.3, -0.25) is 10.1 Å². The molecule has 0 aliphatic heterocycles. The lowest BCUT2D eigenvalue weighted by atomic mass is 10.1. The van der Waals surface area contributed by atoms with Crippen LogP contribution in [0.25, 0.3) is 11.3 Å². The lowest BCUT2D eigenvalue weighted by Crippen LogP contribution is -2.10. The number of carbonyl (C=O) groups excluding carboxylic acids is 1. The maximum absolute atomic E-state index is 12.6. The third-order valence-corrected chi connectivity index (χ3v) is 4.32. The Morgan fingerprint density at radius 2 is 1.67 bits per heavy atom. The van der Waals surface area contributed by atoms with Crippen LogP contribution < -0.4 is 5.32 Å². The number of amides is 1. The molecule has 30 heavy (non-hydrogen) atoms. The highest BCUT2D eigenvalue weighted by atomic mass is 19.4. The van der Waals surface area contributed by atoms with Crippen LogP contribution in [0.5, 0.6) is 0 Å². The van der Waals surface area contributed by atoms with Gasteiger partial charge in [-0.15, -0.1) is 0 Å². The Morgan fingerprint density at radius 3 is 2.37 bits per heavy atom. The molecule has 1 amide bonds. The van der Waals surface area contributed by atoms with Crippen LogP contribution in [-0.2, 0) is 12.6 Å². The van der Waals surface area contributed by atoms with Crippen LogP contribution in [0, 0.1) is 0 Å². The summed E-state index contributed by atoms with van der Waals surface area (Å²) in [5.74, 6) is 0.516. The smallest absolute Gasteiger partial charge is 0.416 e. The number of carbonyl (C=O) groups is 1. The van der Waals surface area contributed by atoms with Crippen LogP contribution >= 0.6 is 0 Å². The van der Waals surface area contributed by atoms with Crippen molar-refractivity contribution in [2.45, 2.75) is 12.6 Å². The number of halogens is 3. The lowest BCUT2D eigenvalue weighted by Gasteiger charge is -2.06. The van der Waals surface area contributed by atoms with E-state index >= 15 is 0 Å². The van der Waals surface area contributed by atoms with Gasteiger partial charge in [0.15, 0.2) is 5.76 Å². The highest BCUT2D eigenvalue weighted by Crippen LogP contribution is 2.29. The van der Waals surface area contributed by atoms with Gasteiger partial charge in [-0.05, 0) is 29.8 Å². The Bertz CT molecular complexity index is 1150. The van der Waals surface area contributed by atoms with Crippen LogP contribution in [0.15, 0.2) is 81.8 Å². The summed E-state index contributed by atoms with van der Waals surface area (Å²) in [5.41, 5.74) is 0.743. The fourth-order valence-corrected chi connectivity index (χ4v) is 2.84. The van der Waals surface area contributed by atoms with Crippen LogP contribution in [0.4, 0.5) is 19.2 Å². The fourth-order valence-electron chi connectivity index (χ4n) is 2.84. The first-order chi connectivity index (χ1) is 14.4. The number of oxazole rings is 1. The van der Waals surface area contributed by atoms with Crippen LogP contribution in [0.3, 0.4) is 0 Å². The number of nitrogens with one attached hydrogen (secondary N) is 1. The molecule has 2 heterocycles. The highest BCUT2D eigenvalue weighted by Gasteiger charge is 2.29. The molecule has 2 aromatic heterocycles. The first kappa shape index (κ1) is 19.5. The van der Waals surface area contributed by atoms with E-state index < -0.39 is 17.6 Å². The largest absolute Gasteiger partial charge is 0.451 e. The number of nitrogens with zero attached hydrogens (tertiary/aromatic N) is 1. The van der Waals surface area contributed by atoms with Gasteiger partial charge in [-0.2, -0.15) is 13.2 Å². The molecule has 5 nitrogen and oxygen atoms in total. The van der Waals surface area contributed by atoms with Crippen molar-refractivity contribution >= 4 is 11.9 Å². The summed E-state index contributed by atoms with van der Waals surface area (Å²) in [4.78, 5) is 16.3. The quantitative estimate of drug-likeness (QED) is 0.450. The predicted octanol–water partition coefficient (Wildman–Crippen LogP) is 5.80. The van der Waals surface area contributed by atoms with Crippen molar-refractivity contribution < 1.29 is 26.8 Å². The van der Waals surface area contributed by atoms with E-state index in [1.54, 1.807) is 12.1 Å². The number of aromatic nitrogens is 1. The molecule has 0 unspecified atom stereocenters. The second-order valence-electron chi connectivity index (χ2n) is 6.49. The van der Waals surface area contributed by atoms with E-state index in [4.69, 9.17) is 8.83 Å². The van der Waals surface area contributed by atoms with Gasteiger partial charge in [-0.1, -0.05) is 42.5 Å². The summed E-state index contributed by atoms with van der Waals surface area (Å²) in [6, 6.07) is 17.3. The SMILES string of the molecule is O=C(Nc1ncc(Cc2ccc(C(F)(F)F)cc2)o1)c1ccc(-c2ccccc2)o1. The van der Waals surface area contributed by atoms with E-state index in [1.165, 1.54) is 18.3 Å². The Hall–Kier alpha value is -3.81. The minimum atomic E-state index is -4.38. The maximum Gasteiger partial charge on any atom is 0.416 e. The van der Waals surface area contributed by atoms with Crippen molar-refractivity contribution in [1.29, 1.82) is 0 Å². The zero-order chi connectivity index (χ0) is 21.1. The standard InChI is InChI=1S/C22H15F3N2O3/c23-22(24,25)16-8-6-14(7-9-16)12-17-13-26-21(29-17)27-20(28)19-11-10-18(30-19)15-4-2-1-3-5-15/h1-11,13H,12H2,(H,26,27,28). The second-order valence-corrected chi connectivity index (χ2v) is 6.49. The van der Waals surface area contributed by atoms with E-state index in [0.717, 1.165) is 17.7 Å². The second kappa shape index (κ2) is 7.90. The van der Waals surface area contributed by atoms with Crippen LogP contribution in [0.1, 0.15) is 27.4 Å². The number of alkyl halides is 3.